The van der Waals surface area contributed by atoms with E-state index in [1.165, 1.54) is 6.07 Å². The van der Waals surface area contributed by atoms with E-state index in [0.29, 0.717) is 11.3 Å². The molecule has 2 fully saturated rings. The van der Waals surface area contributed by atoms with Gasteiger partial charge in [-0.3, -0.25) is 14.9 Å². The molecule has 2 aliphatic heterocycles. The van der Waals surface area contributed by atoms with Gasteiger partial charge >= 0.3 is 0 Å². The van der Waals surface area contributed by atoms with Gasteiger partial charge in [-0.15, -0.1) is 0 Å². The Balaban J connectivity index is 1.83. The summed E-state index contributed by atoms with van der Waals surface area (Å²) in [7, 11) is 2.05. The molecular weight excluding hydrogens is 320 g/mol. The molecule has 1 aromatic carbocycles. The second-order valence-electron chi connectivity index (χ2n) is 6.96. The number of likely N-dealkylation sites (tertiary alicyclic amines) is 1. The van der Waals surface area contributed by atoms with Crippen LogP contribution in [0.4, 0.5) is 11.4 Å². The molecule has 2 heterocycles. The first kappa shape index (κ1) is 17.7. The van der Waals surface area contributed by atoms with Crippen LogP contribution < -0.4 is 4.90 Å². The molecule has 7 nitrogen and oxygen atoms in total. The smallest absolute Gasteiger partial charge is 0.293 e. The minimum Gasteiger partial charge on any atom is -0.363 e. The molecule has 0 radical (unpaired) electrons. The van der Waals surface area contributed by atoms with E-state index >= 15 is 0 Å². The molecular formula is C18H26N4O3. The summed E-state index contributed by atoms with van der Waals surface area (Å²) in [6.07, 6.45) is 4.30. The van der Waals surface area contributed by atoms with Crippen LogP contribution in [0.25, 0.3) is 0 Å². The van der Waals surface area contributed by atoms with Crippen molar-refractivity contribution in [3.63, 3.8) is 0 Å². The van der Waals surface area contributed by atoms with Gasteiger partial charge in [0.15, 0.2) is 0 Å². The number of carbonyl (C=O) groups is 1. The fraction of sp³-hybridized carbons (Fsp3) is 0.611. The van der Waals surface area contributed by atoms with E-state index in [-0.39, 0.29) is 16.5 Å². The number of piperazine rings is 1. The molecule has 136 valence electrons. The number of nitro groups is 1. The summed E-state index contributed by atoms with van der Waals surface area (Å²) in [6.45, 7) is 4.77. The lowest BCUT2D eigenvalue weighted by molar-refractivity contribution is -0.384. The fourth-order valence-electron chi connectivity index (χ4n) is 3.57. The third-order valence-electron chi connectivity index (χ3n) is 5.16. The molecule has 1 aromatic rings. The second kappa shape index (κ2) is 7.82. The zero-order valence-electron chi connectivity index (χ0n) is 14.8. The number of likely N-dealkylation sites (N-methyl/N-ethyl adjacent to an activating group) is 1. The van der Waals surface area contributed by atoms with Gasteiger partial charge in [-0.1, -0.05) is 12.8 Å². The lowest BCUT2D eigenvalue weighted by Crippen LogP contribution is -2.44. The van der Waals surface area contributed by atoms with Crippen LogP contribution in [0.3, 0.4) is 0 Å². The molecule has 0 N–H and O–H groups in total. The molecule has 0 aromatic heterocycles. The number of nitrogens with zero attached hydrogens (tertiary/aromatic N) is 4. The van der Waals surface area contributed by atoms with Gasteiger partial charge in [0.05, 0.1) is 4.92 Å². The highest BCUT2D eigenvalue weighted by molar-refractivity contribution is 5.95. The predicted molar refractivity (Wildman–Crippen MR) is 97.2 cm³/mol. The van der Waals surface area contributed by atoms with E-state index in [0.717, 1.165) is 65.0 Å². The summed E-state index contributed by atoms with van der Waals surface area (Å²) in [4.78, 5) is 30.0. The molecule has 3 rings (SSSR count). The Hall–Kier alpha value is -2.15. The zero-order valence-corrected chi connectivity index (χ0v) is 14.8. The Morgan fingerprint density at radius 1 is 1.00 bits per heavy atom. The minimum absolute atomic E-state index is 0.0326. The Labute approximate surface area is 148 Å². The highest BCUT2D eigenvalue weighted by Crippen LogP contribution is 2.30. The zero-order chi connectivity index (χ0) is 17.8. The lowest BCUT2D eigenvalue weighted by Gasteiger charge is -2.33. The summed E-state index contributed by atoms with van der Waals surface area (Å²) >= 11 is 0. The standard InChI is InChI=1S/C18H26N4O3/c1-19-10-12-20(13-11-19)16-7-6-15(14-17(16)22(24)25)18(23)21-8-4-2-3-5-9-21/h6-7,14H,2-5,8-13H2,1H3. The monoisotopic (exact) mass is 346 g/mol. The normalized spacial score (nSPS) is 19.6. The highest BCUT2D eigenvalue weighted by Gasteiger charge is 2.25. The first-order chi connectivity index (χ1) is 12.1. The van der Waals surface area contributed by atoms with E-state index in [4.69, 9.17) is 0 Å². The number of amides is 1. The van der Waals surface area contributed by atoms with Crippen LogP contribution >= 0.6 is 0 Å². The quantitative estimate of drug-likeness (QED) is 0.621. The topological polar surface area (TPSA) is 69.9 Å². The van der Waals surface area contributed by atoms with Crippen molar-refractivity contribution in [3.8, 4) is 0 Å². The van der Waals surface area contributed by atoms with Gasteiger partial charge in [0.1, 0.15) is 5.69 Å². The fourth-order valence-corrected chi connectivity index (χ4v) is 3.57. The lowest BCUT2D eigenvalue weighted by atomic mass is 10.1. The molecule has 0 saturated carbocycles. The molecule has 0 atom stereocenters. The minimum atomic E-state index is -0.368. The third kappa shape index (κ3) is 4.10. The maximum Gasteiger partial charge on any atom is 0.293 e. The van der Waals surface area contributed by atoms with Crippen LogP contribution in [0.5, 0.6) is 0 Å². The summed E-state index contributed by atoms with van der Waals surface area (Å²) in [5, 5.41) is 11.6. The van der Waals surface area contributed by atoms with Crippen molar-refractivity contribution >= 4 is 17.3 Å². The number of hydrogen-bond acceptors (Lipinski definition) is 5. The summed E-state index contributed by atoms with van der Waals surface area (Å²) in [5.41, 5.74) is 1.07. The van der Waals surface area contributed by atoms with Gasteiger partial charge in [0.25, 0.3) is 11.6 Å². The van der Waals surface area contributed by atoms with Gasteiger partial charge in [-0.05, 0) is 32.0 Å². The average molecular weight is 346 g/mol. The summed E-state index contributed by atoms with van der Waals surface area (Å²) < 4.78 is 0. The van der Waals surface area contributed by atoms with Crippen LogP contribution in [-0.2, 0) is 0 Å². The third-order valence-corrected chi connectivity index (χ3v) is 5.16. The van der Waals surface area contributed by atoms with Gasteiger partial charge < -0.3 is 14.7 Å². The van der Waals surface area contributed by atoms with Crippen LogP contribution in [0.2, 0.25) is 0 Å². The van der Waals surface area contributed by atoms with E-state index in [2.05, 4.69) is 11.9 Å². The van der Waals surface area contributed by atoms with Crippen LogP contribution in [0.15, 0.2) is 18.2 Å². The van der Waals surface area contributed by atoms with Crippen molar-refractivity contribution in [1.82, 2.24) is 9.80 Å². The van der Waals surface area contributed by atoms with Crippen LogP contribution in [0.1, 0.15) is 36.0 Å². The van der Waals surface area contributed by atoms with E-state index in [9.17, 15) is 14.9 Å². The molecule has 0 unspecified atom stereocenters. The molecule has 7 heteroatoms. The molecule has 1 amide bonds. The Morgan fingerprint density at radius 2 is 1.64 bits per heavy atom. The Kier molecular flexibility index (Phi) is 5.53. The predicted octanol–water partition coefficient (Wildman–Crippen LogP) is 2.36. The van der Waals surface area contributed by atoms with Gasteiger partial charge in [-0.2, -0.15) is 0 Å². The molecule has 0 aliphatic carbocycles. The Morgan fingerprint density at radius 3 is 2.24 bits per heavy atom. The van der Waals surface area contributed by atoms with E-state index in [1.54, 1.807) is 12.1 Å². The van der Waals surface area contributed by atoms with Crippen molar-refractivity contribution in [2.45, 2.75) is 25.7 Å². The second-order valence-corrected chi connectivity index (χ2v) is 6.96. The van der Waals surface area contributed by atoms with Crippen molar-refractivity contribution in [3.05, 3.63) is 33.9 Å². The van der Waals surface area contributed by atoms with Gasteiger partial charge in [0, 0.05) is 50.9 Å². The summed E-state index contributed by atoms with van der Waals surface area (Å²) in [5.74, 6) is -0.0880. The van der Waals surface area contributed by atoms with E-state index < -0.39 is 0 Å². The maximum absolute atomic E-state index is 12.7. The van der Waals surface area contributed by atoms with Crippen molar-refractivity contribution in [2.24, 2.45) is 0 Å². The highest BCUT2D eigenvalue weighted by atomic mass is 16.6. The first-order valence-electron chi connectivity index (χ1n) is 9.07. The molecule has 0 spiro atoms. The molecule has 0 bridgehead atoms. The van der Waals surface area contributed by atoms with Gasteiger partial charge in [0.2, 0.25) is 0 Å². The maximum atomic E-state index is 12.7. The SMILES string of the molecule is CN1CCN(c2ccc(C(=O)N3CCCCCC3)cc2[N+](=O)[O-])CC1. The van der Waals surface area contributed by atoms with Crippen LogP contribution in [0, 0.1) is 10.1 Å². The largest absolute Gasteiger partial charge is 0.363 e. The number of anilines is 1. The first-order valence-corrected chi connectivity index (χ1v) is 9.07. The molecule has 25 heavy (non-hydrogen) atoms. The average Bonchev–Trinajstić information content (AvgIpc) is 2.90. The van der Waals surface area contributed by atoms with Crippen molar-refractivity contribution < 1.29 is 9.72 Å². The van der Waals surface area contributed by atoms with Gasteiger partial charge in [-0.25, -0.2) is 0 Å². The summed E-state index contributed by atoms with van der Waals surface area (Å²) in [6, 6.07) is 4.95. The van der Waals surface area contributed by atoms with E-state index in [1.807, 2.05) is 9.80 Å². The molecule has 2 aliphatic rings. The Bertz CT molecular complexity index is 633. The number of carbonyl (C=O) groups excluding carboxylic acids is 1. The number of benzene rings is 1. The number of hydrogen-bond donors (Lipinski definition) is 0. The van der Waals surface area contributed by atoms with Crippen LogP contribution in [-0.4, -0.2) is 66.9 Å². The van der Waals surface area contributed by atoms with Crippen molar-refractivity contribution in [1.29, 1.82) is 0 Å². The number of nitro benzene ring substituents is 1. The number of rotatable bonds is 3. The molecule has 2 saturated heterocycles. The van der Waals surface area contributed by atoms with Crippen molar-refractivity contribution in [2.75, 3.05) is 51.2 Å².